The number of aryl methyl sites for hydroxylation is 1. The third-order valence-electron chi connectivity index (χ3n) is 2.15. The molecule has 1 aromatic heterocycles. The van der Waals surface area contributed by atoms with Crippen molar-refractivity contribution in [2.45, 2.75) is 12.3 Å². The smallest absolute Gasteiger partial charge is 0.435 e. The van der Waals surface area contributed by atoms with Gasteiger partial charge in [-0.2, -0.15) is 18.3 Å². The Bertz CT molecular complexity index is 427. The summed E-state index contributed by atoms with van der Waals surface area (Å²) in [5.74, 6) is 0. The van der Waals surface area contributed by atoms with Gasteiger partial charge in [0.25, 0.3) is 0 Å². The zero-order chi connectivity index (χ0) is 11.9. The van der Waals surface area contributed by atoms with Gasteiger partial charge in [-0.15, -0.1) is 0 Å². The highest BCUT2D eigenvalue weighted by atomic mass is 19.4. The Hall–Kier alpha value is -1.73. The Morgan fingerprint density at radius 3 is 2.81 bits per heavy atom. The maximum Gasteiger partial charge on any atom is 0.435 e. The van der Waals surface area contributed by atoms with Crippen LogP contribution in [0.25, 0.3) is 0 Å². The maximum atomic E-state index is 12.6. The first-order chi connectivity index (χ1) is 7.38. The number of carbonyl (C=O) groups is 1. The van der Waals surface area contributed by atoms with Gasteiger partial charge in [0.05, 0.1) is 6.54 Å². The second kappa shape index (κ2) is 3.39. The van der Waals surface area contributed by atoms with Crippen LogP contribution in [-0.4, -0.2) is 22.4 Å². The number of rotatable bonds is 1. The van der Waals surface area contributed by atoms with Crippen LogP contribution in [0.5, 0.6) is 0 Å². The Morgan fingerprint density at radius 1 is 1.62 bits per heavy atom. The standard InChI is InChI=1S/C8H8F3N3O2/c1-14-3-4(5-2-12-7(15)16-5)6(13-14)8(9,10)11/h3,5H,2H2,1H3,(H,12,15). The van der Waals surface area contributed by atoms with E-state index in [1.807, 2.05) is 0 Å². The van der Waals surface area contributed by atoms with Crippen molar-refractivity contribution in [3.63, 3.8) is 0 Å². The normalized spacial score (nSPS) is 20.8. The van der Waals surface area contributed by atoms with E-state index in [4.69, 9.17) is 4.74 Å². The SMILES string of the molecule is Cn1cc(C2CNC(=O)O2)c(C(F)(F)F)n1. The summed E-state index contributed by atoms with van der Waals surface area (Å²) in [5.41, 5.74) is -1.15. The van der Waals surface area contributed by atoms with E-state index in [1.165, 1.54) is 13.2 Å². The average Bonchev–Trinajstić information content (AvgIpc) is 2.70. The van der Waals surface area contributed by atoms with Crippen molar-refractivity contribution in [1.29, 1.82) is 0 Å². The molecule has 0 aromatic carbocycles. The van der Waals surface area contributed by atoms with Crippen molar-refractivity contribution in [2.24, 2.45) is 7.05 Å². The van der Waals surface area contributed by atoms with Crippen LogP contribution in [0.2, 0.25) is 0 Å². The molecule has 0 spiro atoms. The Balaban J connectivity index is 2.37. The summed E-state index contributed by atoms with van der Waals surface area (Å²) < 4.78 is 43.5. The number of nitrogens with one attached hydrogen (secondary N) is 1. The number of alkyl carbamates (subject to hydrolysis) is 1. The fraction of sp³-hybridized carbons (Fsp3) is 0.500. The molecule has 0 saturated carbocycles. The van der Waals surface area contributed by atoms with Crippen molar-refractivity contribution < 1.29 is 22.7 Å². The lowest BCUT2D eigenvalue weighted by molar-refractivity contribution is -0.142. The van der Waals surface area contributed by atoms with Gasteiger partial charge >= 0.3 is 12.3 Å². The molecule has 0 aliphatic carbocycles. The van der Waals surface area contributed by atoms with Gasteiger partial charge in [0.2, 0.25) is 0 Å². The molecule has 1 aliphatic heterocycles. The van der Waals surface area contributed by atoms with Crippen LogP contribution in [0.3, 0.4) is 0 Å². The van der Waals surface area contributed by atoms with Crippen molar-refractivity contribution >= 4 is 6.09 Å². The monoisotopic (exact) mass is 235 g/mol. The maximum absolute atomic E-state index is 12.6. The van der Waals surface area contributed by atoms with Gasteiger partial charge in [0, 0.05) is 18.8 Å². The third kappa shape index (κ3) is 1.82. The molecule has 0 bridgehead atoms. The predicted octanol–water partition coefficient (Wildman–Crippen LogP) is 1.22. The quantitative estimate of drug-likeness (QED) is 0.796. The number of ether oxygens (including phenoxy) is 1. The molecule has 1 aromatic rings. The predicted molar refractivity (Wildman–Crippen MR) is 45.4 cm³/mol. The van der Waals surface area contributed by atoms with Crippen LogP contribution in [0, 0.1) is 0 Å². The van der Waals surface area contributed by atoms with E-state index in [0.717, 1.165) is 4.68 Å². The van der Waals surface area contributed by atoms with E-state index in [9.17, 15) is 18.0 Å². The molecular formula is C8H8F3N3O2. The molecule has 1 aliphatic rings. The highest BCUT2D eigenvalue weighted by Crippen LogP contribution is 2.35. The summed E-state index contributed by atoms with van der Waals surface area (Å²) in [4.78, 5) is 10.8. The molecule has 16 heavy (non-hydrogen) atoms. The van der Waals surface area contributed by atoms with E-state index in [-0.39, 0.29) is 12.1 Å². The number of nitrogens with zero attached hydrogens (tertiary/aromatic N) is 2. The van der Waals surface area contributed by atoms with Crippen molar-refractivity contribution in [3.8, 4) is 0 Å². The van der Waals surface area contributed by atoms with E-state index < -0.39 is 24.1 Å². The fourth-order valence-corrected chi connectivity index (χ4v) is 1.52. The molecule has 2 rings (SSSR count). The summed E-state index contributed by atoms with van der Waals surface area (Å²) in [6.07, 6.45) is -5.00. The number of halogens is 3. The van der Waals surface area contributed by atoms with Crippen molar-refractivity contribution in [1.82, 2.24) is 15.1 Å². The minimum Gasteiger partial charge on any atom is -0.439 e. The third-order valence-corrected chi connectivity index (χ3v) is 2.15. The Labute approximate surface area is 88.2 Å². The van der Waals surface area contributed by atoms with Gasteiger partial charge < -0.3 is 10.1 Å². The summed E-state index contributed by atoms with van der Waals surface area (Å²) in [6.45, 7) is 0.0214. The number of amides is 1. The number of aromatic nitrogens is 2. The van der Waals surface area contributed by atoms with Crippen LogP contribution >= 0.6 is 0 Å². The minimum atomic E-state index is -4.55. The molecule has 1 N–H and O–H groups in total. The molecule has 1 amide bonds. The molecule has 0 radical (unpaired) electrons. The second-order valence-corrected chi connectivity index (χ2v) is 3.38. The Morgan fingerprint density at radius 2 is 2.31 bits per heavy atom. The van der Waals surface area contributed by atoms with Gasteiger partial charge in [0.1, 0.15) is 6.10 Å². The van der Waals surface area contributed by atoms with Gasteiger partial charge in [-0.3, -0.25) is 4.68 Å². The van der Waals surface area contributed by atoms with Gasteiger partial charge in [0.15, 0.2) is 5.69 Å². The van der Waals surface area contributed by atoms with Crippen LogP contribution in [0.15, 0.2) is 6.20 Å². The Kier molecular flexibility index (Phi) is 2.28. The molecule has 5 nitrogen and oxygen atoms in total. The molecular weight excluding hydrogens is 227 g/mol. The largest absolute Gasteiger partial charge is 0.439 e. The van der Waals surface area contributed by atoms with E-state index >= 15 is 0 Å². The molecule has 88 valence electrons. The number of hydrogen-bond acceptors (Lipinski definition) is 3. The lowest BCUT2D eigenvalue weighted by Crippen LogP contribution is -2.14. The van der Waals surface area contributed by atoms with E-state index in [2.05, 4.69) is 10.4 Å². The first-order valence-electron chi connectivity index (χ1n) is 4.43. The first-order valence-corrected chi connectivity index (χ1v) is 4.43. The average molecular weight is 235 g/mol. The van der Waals surface area contributed by atoms with E-state index in [0.29, 0.717) is 0 Å². The van der Waals surface area contributed by atoms with Gasteiger partial charge in [-0.05, 0) is 0 Å². The zero-order valence-corrected chi connectivity index (χ0v) is 8.21. The summed E-state index contributed by atoms with van der Waals surface area (Å²) in [6, 6.07) is 0. The molecule has 8 heteroatoms. The molecule has 1 unspecified atom stereocenters. The molecule has 2 heterocycles. The van der Waals surface area contributed by atoms with Crippen LogP contribution in [0.1, 0.15) is 17.4 Å². The van der Waals surface area contributed by atoms with E-state index in [1.54, 1.807) is 0 Å². The minimum absolute atomic E-state index is 0.0214. The van der Waals surface area contributed by atoms with Crippen molar-refractivity contribution in [3.05, 3.63) is 17.5 Å². The van der Waals surface area contributed by atoms with Gasteiger partial charge in [-0.25, -0.2) is 4.79 Å². The number of alkyl halides is 3. The fourth-order valence-electron chi connectivity index (χ4n) is 1.52. The molecule has 1 fully saturated rings. The summed E-state index contributed by atoms with van der Waals surface area (Å²) in [7, 11) is 1.38. The second-order valence-electron chi connectivity index (χ2n) is 3.38. The summed E-state index contributed by atoms with van der Waals surface area (Å²) >= 11 is 0. The number of carbonyl (C=O) groups excluding carboxylic acids is 1. The lowest BCUT2D eigenvalue weighted by atomic mass is 10.1. The van der Waals surface area contributed by atoms with Crippen LogP contribution < -0.4 is 5.32 Å². The summed E-state index contributed by atoms with van der Waals surface area (Å²) in [5, 5.41) is 5.61. The number of hydrogen-bond donors (Lipinski definition) is 1. The molecule has 1 atom stereocenters. The highest BCUT2D eigenvalue weighted by molar-refractivity contribution is 5.69. The first kappa shape index (κ1) is 10.8. The lowest BCUT2D eigenvalue weighted by Gasteiger charge is -2.09. The molecule has 1 saturated heterocycles. The zero-order valence-electron chi connectivity index (χ0n) is 8.21. The highest BCUT2D eigenvalue weighted by Gasteiger charge is 2.41. The topological polar surface area (TPSA) is 56.2 Å². The van der Waals surface area contributed by atoms with Crippen LogP contribution in [0.4, 0.5) is 18.0 Å². The number of cyclic esters (lactones) is 1. The van der Waals surface area contributed by atoms with Crippen molar-refractivity contribution in [2.75, 3.05) is 6.54 Å². The van der Waals surface area contributed by atoms with Gasteiger partial charge in [-0.1, -0.05) is 0 Å². The van der Waals surface area contributed by atoms with Crippen LogP contribution in [-0.2, 0) is 18.0 Å².